The number of hydrogen-bond donors (Lipinski definition) is 0. The molecule has 0 aliphatic carbocycles. The van der Waals surface area contributed by atoms with Gasteiger partial charge < -0.3 is 4.81 Å². The molecule has 0 fully saturated rings. The van der Waals surface area contributed by atoms with Crippen molar-refractivity contribution in [1.29, 1.82) is 0 Å². The third-order valence-electron chi connectivity index (χ3n) is 6.97. The van der Waals surface area contributed by atoms with Crippen molar-refractivity contribution in [2.75, 3.05) is 4.81 Å². The molecular weight excluding hydrogens is 397 g/mol. The van der Waals surface area contributed by atoms with Gasteiger partial charge in [-0.05, 0) is 39.6 Å². The molecule has 0 bridgehead atoms. The third-order valence-corrected chi connectivity index (χ3v) is 6.97. The molecule has 2 heteroatoms. The Kier molecular flexibility index (Phi) is 5.85. The fourth-order valence-electron chi connectivity index (χ4n) is 5.48. The lowest BCUT2D eigenvalue weighted by Gasteiger charge is -2.37. The lowest BCUT2D eigenvalue weighted by Crippen LogP contribution is -2.53. The van der Waals surface area contributed by atoms with E-state index in [1.54, 1.807) is 0 Å². The van der Waals surface area contributed by atoms with Gasteiger partial charge in [-0.1, -0.05) is 136 Å². The van der Waals surface area contributed by atoms with Crippen LogP contribution < -0.4 is 15.7 Å². The molecule has 0 aromatic heterocycles. The monoisotopic (exact) mass is 429 g/mol. The number of hydrogen-bond acceptors (Lipinski definition) is 1. The van der Waals surface area contributed by atoms with Gasteiger partial charge in [0.1, 0.15) is 0 Å². The van der Waals surface area contributed by atoms with Crippen LogP contribution >= 0.6 is 0 Å². The number of benzene rings is 4. The minimum absolute atomic E-state index is 0.171. The average molecular weight is 429 g/mol. The summed E-state index contributed by atoms with van der Waals surface area (Å²) in [4.78, 5) is 2.72. The predicted molar refractivity (Wildman–Crippen MR) is 143 cm³/mol. The van der Waals surface area contributed by atoms with E-state index in [0.29, 0.717) is 11.8 Å². The number of anilines is 1. The summed E-state index contributed by atoms with van der Waals surface area (Å²) < 4.78 is 0. The van der Waals surface area contributed by atoms with Gasteiger partial charge in [-0.15, -0.1) is 0 Å². The SMILES string of the molecule is CC(C)c1cccc(C(C)C)c1N1B(c2ccccc2)c2ccccc2[C@H]1c1ccccc1. The molecule has 164 valence electrons. The molecule has 0 spiro atoms. The van der Waals surface area contributed by atoms with Crippen LogP contribution in [0.1, 0.15) is 67.8 Å². The summed E-state index contributed by atoms with van der Waals surface area (Å²) in [7, 11) is 0. The summed E-state index contributed by atoms with van der Waals surface area (Å²) in [5, 5.41) is 0. The predicted octanol–water partition coefficient (Wildman–Crippen LogP) is 6.65. The molecular formula is C31H32BN. The first-order chi connectivity index (χ1) is 16.1. The van der Waals surface area contributed by atoms with Crippen molar-refractivity contribution in [3.05, 3.63) is 125 Å². The van der Waals surface area contributed by atoms with Crippen LogP contribution in [0.4, 0.5) is 5.69 Å². The van der Waals surface area contributed by atoms with E-state index in [1.165, 1.54) is 38.9 Å². The topological polar surface area (TPSA) is 3.24 Å². The highest BCUT2D eigenvalue weighted by Gasteiger charge is 2.44. The first-order valence-electron chi connectivity index (χ1n) is 12.2. The highest BCUT2D eigenvalue weighted by atomic mass is 15.1. The van der Waals surface area contributed by atoms with E-state index in [2.05, 4.69) is 136 Å². The second-order valence-electron chi connectivity index (χ2n) is 9.76. The van der Waals surface area contributed by atoms with Crippen molar-refractivity contribution >= 4 is 23.5 Å². The van der Waals surface area contributed by atoms with E-state index in [4.69, 9.17) is 0 Å². The van der Waals surface area contributed by atoms with Crippen molar-refractivity contribution in [3.63, 3.8) is 0 Å². The first kappa shape index (κ1) is 21.6. The van der Waals surface area contributed by atoms with E-state index in [1.807, 2.05) is 0 Å². The van der Waals surface area contributed by atoms with Crippen molar-refractivity contribution in [1.82, 2.24) is 0 Å². The van der Waals surface area contributed by atoms with Crippen molar-refractivity contribution in [2.24, 2.45) is 0 Å². The van der Waals surface area contributed by atoms with Crippen LogP contribution in [-0.2, 0) is 0 Å². The van der Waals surface area contributed by atoms with Gasteiger partial charge in [-0.3, -0.25) is 0 Å². The van der Waals surface area contributed by atoms with Crippen molar-refractivity contribution in [2.45, 2.75) is 45.6 Å². The number of para-hydroxylation sites is 1. The Labute approximate surface area is 199 Å². The summed E-state index contributed by atoms with van der Waals surface area (Å²) in [6.07, 6.45) is 0. The zero-order valence-electron chi connectivity index (χ0n) is 20.1. The van der Waals surface area contributed by atoms with Gasteiger partial charge in [0.05, 0.1) is 6.04 Å². The summed E-state index contributed by atoms with van der Waals surface area (Å²) in [5.74, 6) is 0.880. The molecule has 4 aromatic carbocycles. The van der Waals surface area contributed by atoms with Crippen LogP contribution in [0.3, 0.4) is 0 Å². The van der Waals surface area contributed by atoms with Crippen LogP contribution in [0.15, 0.2) is 103 Å². The molecule has 1 aliphatic rings. The van der Waals surface area contributed by atoms with E-state index < -0.39 is 0 Å². The summed E-state index contributed by atoms with van der Waals surface area (Å²) in [6, 6.07) is 38.2. The van der Waals surface area contributed by atoms with Gasteiger partial charge in [0.15, 0.2) is 0 Å². The smallest absolute Gasteiger partial charge is 0.324 e. The molecule has 1 nitrogen and oxygen atoms in total. The molecule has 4 aromatic rings. The molecule has 0 saturated heterocycles. The van der Waals surface area contributed by atoms with E-state index in [9.17, 15) is 0 Å². The first-order valence-corrected chi connectivity index (χ1v) is 12.2. The van der Waals surface area contributed by atoms with Crippen LogP contribution in [0, 0.1) is 0 Å². The minimum atomic E-state index is 0.171. The molecule has 1 heterocycles. The lowest BCUT2D eigenvalue weighted by molar-refractivity contribution is 0.799. The second kappa shape index (κ2) is 8.94. The molecule has 5 rings (SSSR count). The average Bonchev–Trinajstić information content (AvgIpc) is 3.19. The maximum absolute atomic E-state index is 2.72. The molecule has 33 heavy (non-hydrogen) atoms. The van der Waals surface area contributed by atoms with Gasteiger partial charge in [0.25, 0.3) is 0 Å². The Balaban J connectivity index is 1.85. The molecule has 0 unspecified atom stereocenters. The standard InChI is InChI=1S/C31H32BN/c1-22(2)26-19-13-20-27(23(3)4)31(26)33-30(24-14-7-5-8-15-24)28-18-11-12-21-29(28)32(33)25-16-9-6-10-17-25/h5-23,30H,1-4H3/t30-/m1/s1. The van der Waals surface area contributed by atoms with Gasteiger partial charge >= 0.3 is 6.85 Å². The Morgan fingerprint density at radius 2 is 1.15 bits per heavy atom. The van der Waals surface area contributed by atoms with Gasteiger partial charge in [0, 0.05) is 5.69 Å². The molecule has 0 saturated carbocycles. The van der Waals surface area contributed by atoms with Crippen LogP contribution in [0.25, 0.3) is 0 Å². The summed E-state index contributed by atoms with van der Waals surface area (Å²) in [6.45, 7) is 9.45. The maximum Gasteiger partial charge on any atom is 0.324 e. The number of fused-ring (bicyclic) bond motifs is 1. The highest BCUT2D eigenvalue weighted by Crippen LogP contribution is 2.44. The molecule has 0 radical (unpaired) electrons. The quantitative estimate of drug-likeness (QED) is 0.321. The van der Waals surface area contributed by atoms with E-state index in [-0.39, 0.29) is 12.9 Å². The van der Waals surface area contributed by atoms with Crippen LogP contribution in [0.5, 0.6) is 0 Å². The fourth-order valence-corrected chi connectivity index (χ4v) is 5.48. The molecule has 0 N–H and O–H groups in total. The Morgan fingerprint density at radius 1 is 0.606 bits per heavy atom. The Morgan fingerprint density at radius 3 is 1.76 bits per heavy atom. The normalized spacial score (nSPS) is 15.4. The van der Waals surface area contributed by atoms with Crippen molar-refractivity contribution in [3.8, 4) is 0 Å². The maximum atomic E-state index is 2.72. The van der Waals surface area contributed by atoms with Gasteiger partial charge in [-0.25, -0.2) is 0 Å². The van der Waals surface area contributed by atoms with E-state index in [0.717, 1.165) is 0 Å². The lowest BCUT2D eigenvalue weighted by atomic mass is 9.50. The van der Waals surface area contributed by atoms with Crippen LogP contribution in [0.2, 0.25) is 0 Å². The largest absolute Gasteiger partial charge is 0.396 e. The fraction of sp³-hybridized carbons (Fsp3) is 0.226. The zero-order chi connectivity index (χ0) is 22.9. The van der Waals surface area contributed by atoms with Crippen LogP contribution in [-0.4, -0.2) is 6.85 Å². The molecule has 1 aliphatic heterocycles. The van der Waals surface area contributed by atoms with E-state index >= 15 is 0 Å². The minimum Gasteiger partial charge on any atom is -0.396 e. The Bertz CT molecular complexity index is 1140. The summed E-state index contributed by atoms with van der Waals surface area (Å²) in [5.41, 5.74) is 9.76. The number of rotatable bonds is 5. The second-order valence-corrected chi connectivity index (χ2v) is 9.76. The van der Waals surface area contributed by atoms with Gasteiger partial charge in [-0.2, -0.15) is 0 Å². The number of nitrogens with zero attached hydrogens (tertiary/aromatic N) is 1. The molecule has 1 atom stereocenters. The third kappa shape index (κ3) is 3.78. The summed E-state index contributed by atoms with van der Waals surface area (Å²) >= 11 is 0. The molecule has 0 amide bonds. The highest BCUT2D eigenvalue weighted by molar-refractivity contribution is 6.89. The zero-order valence-corrected chi connectivity index (χ0v) is 20.1. The van der Waals surface area contributed by atoms with Crippen molar-refractivity contribution < 1.29 is 0 Å². The Hall–Kier alpha value is -3.26. The van der Waals surface area contributed by atoms with Gasteiger partial charge in [0.2, 0.25) is 0 Å².